The number of amides is 1. The number of anilines is 3. The molecule has 2 N–H and O–H groups in total. The first-order valence-electron chi connectivity index (χ1n) is 16.2. The number of para-hydroxylation sites is 1. The molecule has 2 aromatic carbocycles. The quantitative estimate of drug-likeness (QED) is 0.167. The van der Waals surface area contributed by atoms with Crippen molar-refractivity contribution in [2.75, 3.05) is 67.6 Å². The number of benzene rings is 2. The Balaban J connectivity index is 0.000000328. The number of carbonyl (C=O) groups is 2. The minimum Gasteiger partial charge on any atom is -0.387 e. The average Bonchev–Trinajstić information content (AvgIpc) is 3.59. The van der Waals surface area contributed by atoms with Crippen LogP contribution in [0, 0.1) is 0 Å². The molecular weight excluding hydrogens is 709 g/mol. The van der Waals surface area contributed by atoms with Gasteiger partial charge in [-0.25, -0.2) is 0 Å². The Morgan fingerprint density at radius 1 is 1.12 bits per heavy atom. The van der Waals surface area contributed by atoms with E-state index in [4.69, 9.17) is 16.3 Å². The molecule has 1 amide bonds. The molecule has 0 spiro atoms. The Hall–Kier alpha value is -4.54. The van der Waals surface area contributed by atoms with Crippen LogP contribution in [0.25, 0.3) is 11.4 Å². The second-order valence-electron chi connectivity index (χ2n) is 11.5. The second kappa shape index (κ2) is 16.7. The first kappa shape index (κ1) is 37.7. The van der Waals surface area contributed by atoms with Crippen LogP contribution >= 0.6 is 23.5 Å². The van der Waals surface area contributed by atoms with Crippen LogP contribution in [0.2, 0.25) is 5.02 Å². The third-order valence-electron chi connectivity index (χ3n) is 8.49. The van der Waals surface area contributed by atoms with Crippen molar-refractivity contribution in [3.8, 4) is 0 Å². The van der Waals surface area contributed by atoms with Crippen molar-refractivity contribution in [1.82, 2.24) is 24.1 Å². The summed E-state index contributed by atoms with van der Waals surface area (Å²) in [6.07, 6.45) is 1.52. The highest BCUT2D eigenvalue weighted by molar-refractivity contribution is 7.99. The Labute approximate surface area is 301 Å². The summed E-state index contributed by atoms with van der Waals surface area (Å²) in [7, 11) is 1.59. The topological polar surface area (TPSA) is 126 Å². The van der Waals surface area contributed by atoms with E-state index in [9.17, 15) is 27.6 Å². The van der Waals surface area contributed by atoms with Crippen molar-refractivity contribution < 1.29 is 27.5 Å². The lowest BCUT2D eigenvalue weighted by Crippen LogP contribution is -2.51. The number of nitrogens with zero attached hydrogens (tertiary/aromatic N) is 6. The molecule has 0 atom stereocenters. The largest absolute Gasteiger partial charge is 0.416 e. The fraction of sp³-hybridized carbons (Fsp3) is 0.382. The summed E-state index contributed by atoms with van der Waals surface area (Å²) in [6, 6.07) is 10.6. The van der Waals surface area contributed by atoms with Crippen molar-refractivity contribution in [2.24, 2.45) is 0 Å². The van der Waals surface area contributed by atoms with Gasteiger partial charge in [0.25, 0.3) is 11.5 Å². The second-order valence-corrected chi connectivity index (χ2v) is 12.5. The van der Waals surface area contributed by atoms with Gasteiger partial charge in [0, 0.05) is 39.5 Å². The zero-order valence-corrected chi connectivity index (χ0v) is 29.9. The van der Waals surface area contributed by atoms with Gasteiger partial charge in [0.2, 0.25) is 5.78 Å². The number of aldehydes is 1. The molecule has 0 saturated carbocycles. The number of hydrogen-bond acceptors (Lipinski definition) is 10. The number of carbonyl (C=O) groups excluding carboxylic acids is 2. The maximum Gasteiger partial charge on any atom is 0.416 e. The maximum atomic E-state index is 13.8. The Bertz CT molecular complexity index is 1980. The summed E-state index contributed by atoms with van der Waals surface area (Å²) in [5.74, 6) is 0.797. The van der Waals surface area contributed by atoms with Gasteiger partial charge >= 0.3 is 6.18 Å². The lowest BCUT2D eigenvalue weighted by molar-refractivity contribution is -0.137. The van der Waals surface area contributed by atoms with Gasteiger partial charge in [-0.2, -0.15) is 22.7 Å². The van der Waals surface area contributed by atoms with Crippen LogP contribution in [0.15, 0.2) is 53.3 Å². The molecule has 51 heavy (non-hydrogen) atoms. The van der Waals surface area contributed by atoms with E-state index in [1.807, 2.05) is 53.3 Å². The van der Waals surface area contributed by atoms with Crippen molar-refractivity contribution in [1.29, 1.82) is 0 Å². The molecule has 1 fully saturated rings. The van der Waals surface area contributed by atoms with Gasteiger partial charge in [-0.05, 0) is 48.7 Å². The summed E-state index contributed by atoms with van der Waals surface area (Å²) in [4.78, 5) is 47.2. The molecule has 17 heteroatoms. The molecule has 12 nitrogen and oxygen atoms in total. The number of ether oxygens (including phenoxy) is 1. The van der Waals surface area contributed by atoms with E-state index in [2.05, 4.69) is 20.1 Å². The molecule has 2 aliphatic heterocycles. The lowest BCUT2D eigenvalue weighted by Gasteiger charge is -2.37. The molecule has 0 bridgehead atoms. The van der Waals surface area contributed by atoms with Crippen LogP contribution in [0.4, 0.5) is 30.2 Å². The molecule has 2 aromatic heterocycles. The standard InChI is InChI=1S/C26H31N7O4S.C8H7ClF3N/c1-3-21-22(30-10-12-31(13-11-30)24(35)19-6-4-5-7-20(19)29-38-2)25(36)33-26(32(21)14-15-34)27-23(28-33)18-8-16-37-17-9-18;1-13-7-3-2-5(4-6(7)9)8(10,11)12/h4-8,15,29H,3,9-14,16-17H2,1-2H3;2-4,13H,1H3. The van der Waals surface area contributed by atoms with Crippen LogP contribution in [0.5, 0.6) is 0 Å². The van der Waals surface area contributed by atoms with Gasteiger partial charge in [0.05, 0.1) is 53.0 Å². The van der Waals surface area contributed by atoms with Crippen LogP contribution in [-0.4, -0.2) is 89.0 Å². The van der Waals surface area contributed by atoms with Crippen molar-refractivity contribution in [3.05, 3.63) is 86.6 Å². The number of alkyl halides is 3. The van der Waals surface area contributed by atoms with Crippen LogP contribution < -0.4 is 20.5 Å². The summed E-state index contributed by atoms with van der Waals surface area (Å²) >= 11 is 7.01. The smallest absolute Gasteiger partial charge is 0.387 e. The van der Waals surface area contributed by atoms with Gasteiger partial charge in [-0.1, -0.05) is 48.7 Å². The number of rotatable bonds is 9. The van der Waals surface area contributed by atoms with E-state index in [1.165, 1.54) is 22.5 Å². The van der Waals surface area contributed by atoms with Crippen molar-refractivity contribution in [2.45, 2.75) is 32.5 Å². The number of hydrogen-bond donors (Lipinski definition) is 2. The number of halogens is 4. The molecule has 4 aromatic rings. The summed E-state index contributed by atoms with van der Waals surface area (Å²) in [6.45, 7) is 5.00. The minimum atomic E-state index is -4.34. The van der Waals surface area contributed by atoms with Gasteiger partial charge in [-0.15, -0.1) is 5.10 Å². The predicted octanol–water partition coefficient (Wildman–Crippen LogP) is 5.51. The molecule has 6 rings (SSSR count). The minimum absolute atomic E-state index is 0.0445. The monoisotopic (exact) mass is 746 g/mol. The number of aromatic nitrogens is 4. The highest BCUT2D eigenvalue weighted by atomic mass is 35.5. The van der Waals surface area contributed by atoms with Crippen LogP contribution in [0.3, 0.4) is 0 Å². The fourth-order valence-electron chi connectivity index (χ4n) is 5.96. The first-order valence-corrected chi connectivity index (χ1v) is 17.8. The molecule has 0 unspecified atom stereocenters. The van der Waals surface area contributed by atoms with Crippen LogP contribution in [0.1, 0.15) is 40.8 Å². The third kappa shape index (κ3) is 8.34. The summed E-state index contributed by atoms with van der Waals surface area (Å²) in [5, 5.41) is 7.29. The summed E-state index contributed by atoms with van der Waals surface area (Å²) < 4.78 is 48.0. The number of nitrogens with one attached hydrogen (secondary N) is 2. The van der Waals surface area contributed by atoms with Gasteiger partial charge in [0.1, 0.15) is 12.0 Å². The zero-order chi connectivity index (χ0) is 36.7. The Morgan fingerprint density at radius 3 is 2.47 bits per heavy atom. The molecule has 0 radical (unpaired) electrons. The highest BCUT2D eigenvalue weighted by Crippen LogP contribution is 2.33. The summed E-state index contributed by atoms with van der Waals surface area (Å²) in [5.41, 5.74) is 3.06. The highest BCUT2D eigenvalue weighted by Gasteiger charge is 2.31. The fourth-order valence-corrected chi connectivity index (χ4v) is 6.63. The average molecular weight is 747 g/mol. The first-order chi connectivity index (χ1) is 24.5. The predicted molar refractivity (Wildman–Crippen MR) is 194 cm³/mol. The maximum absolute atomic E-state index is 13.8. The molecule has 4 heterocycles. The molecule has 2 aliphatic rings. The normalized spacial score (nSPS) is 14.8. The van der Waals surface area contributed by atoms with E-state index in [1.54, 1.807) is 11.6 Å². The van der Waals surface area contributed by atoms with Crippen molar-refractivity contribution in [3.63, 3.8) is 0 Å². The lowest BCUT2D eigenvalue weighted by atomic mass is 10.1. The van der Waals surface area contributed by atoms with Gasteiger partial charge in [-0.3, -0.25) is 9.59 Å². The van der Waals surface area contributed by atoms with E-state index in [0.29, 0.717) is 80.8 Å². The number of fused-ring (bicyclic) bond motifs is 1. The molecular formula is C34H38ClF3N8O4S. The Kier molecular flexibility index (Phi) is 12.3. The molecule has 272 valence electrons. The van der Waals surface area contributed by atoms with Gasteiger partial charge in [0.15, 0.2) is 5.82 Å². The third-order valence-corrected chi connectivity index (χ3v) is 9.22. The van der Waals surface area contributed by atoms with E-state index >= 15 is 0 Å². The molecule has 1 saturated heterocycles. The SMILES string of the molecule is CCc1c(N2CCN(C(=O)c3ccccc3NSC)CC2)c(=O)n2nc(C3=CCOCC3)nc2n1CC=O.CNc1ccc(C(F)(F)F)cc1Cl. The Morgan fingerprint density at radius 2 is 1.86 bits per heavy atom. The van der Waals surface area contributed by atoms with E-state index in [-0.39, 0.29) is 23.0 Å². The van der Waals surface area contributed by atoms with Gasteiger partial charge < -0.3 is 33.9 Å². The molecule has 0 aliphatic carbocycles. The number of piperazine rings is 1. The van der Waals surface area contributed by atoms with Crippen LogP contribution in [-0.2, 0) is 28.7 Å². The zero-order valence-electron chi connectivity index (χ0n) is 28.3. The van der Waals surface area contributed by atoms with E-state index < -0.39 is 11.7 Å². The van der Waals surface area contributed by atoms with E-state index in [0.717, 1.165) is 35.4 Å². The van der Waals surface area contributed by atoms with Crippen molar-refractivity contribution >= 4 is 64.2 Å².